The molecule has 1 saturated heterocycles. The summed E-state index contributed by atoms with van der Waals surface area (Å²) < 4.78 is 0. The molecule has 1 aliphatic carbocycles. The van der Waals surface area contributed by atoms with Crippen molar-refractivity contribution in [1.29, 1.82) is 0 Å². The van der Waals surface area contributed by atoms with Crippen molar-refractivity contribution in [3.63, 3.8) is 0 Å². The van der Waals surface area contributed by atoms with Gasteiger partial charge in [0.15, 0.2) is 0 Å². The Morgan fingerprint density at radius 2 is 1.84 bits per heavy atom. The summed E-state index contributed by atoms with van der Waals surface area (Å²) in [5.41, 5.74) is -0.0441. The van der Waals surface area contributed by atoms with Crippen LogP contribution >= 0.6 is 0 Å². The van der Waals surface area contributed by atoms with E-state index in [9.17, 15) is 5.11 Å². The summed E-state index contributed by atoms with van der Waals surface area (Å²) in [5, 5.41) is 13.2. The Hall–Kier alpha value is -0.120. The van der Waals surface area contributed by atoms with Crippen LogP contribution in [0, 0.1) is 5.92 Å². The van der Waals surface area contributed by atoms with E-state index in [4.69, 9.17) is 0 Å². The first kappa shape index (κ1) is 15.3. The minimum absolute atomic E-state index is 0.0441. The lowest BCUT2D eigenvalue weighted by Crippen LogP contribution is -2.47. The first-order valence-corrected chi connectivity index (χ1v) is 8.22. The first-order valence-electron chi connectivity index (χ1n) is 8.22. The smallest absolute Gasteiger partial charge is 0.0610 e. The lowest BCUT2D eigenvalue weighted by atomic mass is 9.95. The second kappa shape index (κ2) is 7.05. The zero-order valence-electron chi connectivity index (χ0n) is 12.8. The van der Waals surface area contributed by atoms with Crippen molar-refractivity contribution in [3.05, 3.63) is 0 Å². The largest absolute Gasteiger partial charge is 0.394 e. The van der Waals surface area contributed by atoms with E-state index in [1.165, 1.54) is 58.2 Å². The zero-order chi connectivity index (χ0) is 13.7. The van der Waals surface area contributed by atoms with Gasteiger partial charge in [-0.15, -0.1) is 0 Å². The lowest BCUT2D eigenvalue weighted by Gasteiger charge is -2.31. The highest BCUT2D eigenvalue weighted by Gasteiger charge is 2.31. The minimum Gasteiger partial charge on any atom is -0.394 e. The number of piperidine rings is 1. The molecule has 2 N–H and O–H groups in total. The summed E-state index contributed by atoms with van der Waals surface area (Å²) in [7, 11) is 0. The second-order valence-electron chi connectivity index (χ2n) is 7.12. The molecule has 0 aromatic heterocycles. The fraction of sp³-hybridized carbons (Fsp3) is 1.00. The van der Waals surface area contributed by atoms with Crippen LogP contribution in [-0.4, -0.2) is 47.8 Å². The van der Waals surface area contributed by atoms with Gasteiger partial charge in [-0.3, -0.25) is 0 Å². The molecule has 0 amide bonds. The van der Waals surface area contributed by atoms with Gasteiger partial charge in [0, 0.05) is 11.6 Å². The van der Waals surface area contributed by atoms with Gasteiger partial charge in [0.25, 0.3) is 0 Å². The van der Waals surface area contributed by atoms with Crippen molar-refractivity contribution in [2.24, 2.45) is 5.92 Å². The number of unbranched alkanes of at least 4 members (excludes halogenated alkanes) is 1. The van der Waals surface area contributed by atoms with E-state index in [1.54, 1.807) is 0 Å². The molecule has 2 aliphatic rings. The normalized spacial score (nSPS) is 25.4. The van der Waals surface area contributed by atoms with Gasteiger partial charge in [0.2, 0.25) is 0 Å². The Bertz CT molecular complexity index is 259. The molecule has 2 rings (SSSR count). The van der Waals surface area contributed by atoms with E-state index < -0.39 is 0 Å². The molecule has 3 nitrogen and oxygen atoms in total. The maximum atomic E-state index is 9.57. The van der Waals surface area contributed by atoms with Crippen molar-refractivity contribution >= 4 is 0 Å². The maximum absolute atomic E-state index is 9.57. The summed E-state index contributed by atoms with van der Waals surface area (Å²) in [6.45, 7) is 8.64. The molecule has 3 heteroatoms. The van der Waals surface area contributed by atoms with Crippen molar-refractivity contribution in [2.75, 3.05) is 26.2 Å². The predicted octanol–water partition coefficient (Wildman–Crippen LogP) is 2.39. The fourth-order valence-electron chi connectivity index (χ4n) is 3.05. The number of aliphatic hydroxyl groups is 1. The molecule has 19 heavy (non-hydrogen) atoms. The molecule has 2 fully saturated rings. The molecule has 1 atom stereocenters. The summed E-state index contributed by atoms with van der Waals surface area (Å²) in [6.07, 6.45) is 8.93. The average Bonchev–Trinajstić information content (AvgIpc) is 3.21. The molecule has 0 bridgehead atoms. The Labute approximate surface area is 118 Å². The Morgan fingerprint density at radius 1 is 1.16 bits per heavy atom. The van der Waals surface area contributed by atoms with Crippen LogP contribution in [0.2, 0.25) is 0 Å². The zero-order valence-corrected chi connectivity index (χ0v) is 12.8. The maximum Gasteiger partial charge on any atom is 0.0610 e. The van der Waals surface area contributed by atoms with Crippen molar-refractivity contribution in [2.45, 2.75) is 70.4 Å². The molecule has 1 unspecified atom stereocenters. The van der Waals surface area contributed by atoms with Gasteiger partial charge in [0.05, 0.1) is 6.61 Å². The summed E-state index contributed by atoms with van der Waals surface area (Å²) in [4.78, 5) is 2.62. The van der Waals surface area contributed by atoms with Crippen molar-refractivity contribution in [1.82, 2.24) is 10.2 Å². The predicted molar refractivity (Wildman–Crippen MR) is 80.3 cm³/mol. The van der Waals surface area contributed by atoms with Crippen LogP contribution in [0.3, 0.4) is 0 Å². The molecule has 1 aliphatic heterocycles. The first-order chi connectivity index (χ1) is 9.11. The molecule has 0 aromatic rings. The molecular weight excluding hydrogens is 236 g/mol. The molecule has 1 saturated carbocycles. The number of aliphatic hydroxyl groups excluding tert-OH is 1. The number of hydrogen-bond donors (Lipinski definition) is 2. The van der Waals surface area contributed by atoms with Crippen LogP contribution in [0.15, 0.2) is 0 Å². The Balaban J connectivity index is 1.57. The highest BCUT2D eigenvalue weighted by molar-refractivity contribution is 4.92. The van der Waals surface area contributed by atoms with Gasteiger partial charge in [-0.2, -0.15) is 0 Å². The summed E-state index contributed by atoms with van der Waals surface area (Å²) in [5.74, 6) is 0.927. The van der Waals surface area contributed by atoms with Gasteiger partial charge in [0.1, 0.15) is 0 Å². The molecule has 0 spiro atoms. The Kier molecular flexibility index (Phi) is 5.67. The number of likely N-dealkylation sites (tertiary alicyclic amines) is 1. The van der Waals surface area contributed by atoms with Crippen molar-refractivity contribution in [3.8, 4) is 0 Å². The molecule has 0 aromatic carbocycles. The van der Waals surface area contributed by atoms with Gasteiger partial charge in [-0.05, 0) is 71.0 Å². The molecule has 0 radical (unpaired) electrons. The Morgan fingerprint density at radius 3 is 2.42 bits per heavy atom. The van der Waals surface area contributed by atoms with Crippen LogP contribution in [0.1, 0.15) is 58.8 Å². The van der Waals surface area contributed by atoms with Crippen LogP contribution in [0.25, 0.3) is 0 Å². The number of nitrogens with zero attached hydrogens (tertiary/aromatic N) is 1. The van der Waals surface area contributed by atoms with E-state index in [2.05, 4.69) is 24.1 Å². The summed E-state index contributed by atoms with van der Waals surface area (Å²) >= 11 is 0. The average molecular weight is 268 g/mol. The SMILES string of the molecule is CC1CCN(CCCCC(C)(CO)NC2CC2)CC1. The third-order valence-corrected chi connectivity index (χ3v) is 4.81. The van der Waals surface area contributed by atoms with Gasteiger partial charge >= 0.3 is 0 Å². The second-order valence-corrected chi connectivity index (χ2v) is 7.12. The van der Waals surface area contributed by atoms with E-state index in [1.807, 2.05) is 0 Å². The van der Waals surface area contributed by atoms with Crippen molar-refractivity contribution < 1.29 is 5.11 Å². The number of hydrogen-bond acceptors (Lipinski definition) is 3. The fourth-order valence-corrected chi connectivity index (χ4v) is 3.05. The standard InChI is InChI=1S/C16H32N2O/c1-14-7-11-18(12-8-14)10-4-3-9-16(2,13-19)17-15-5-6-15/h14-15,17,19H,3-13H2,1-2H3. The van der Waals surface area contributed by atoms with Crippen LogP contribution < -0.4 is 5.32 Å². The van der Waals surface area contributed by atoms with E-state index >= 15 is 0 Å². The third-order valence-electron chi connectivity index (χ3n) is 4.81. The third kappa shape index (κ3) is 5.41. The van der Waals surface area contributed by atoms with E-state index in [-0.39, 0.29) is 12.1 Å². The van der Waals surface area contributed by atoms with Crippen LogP contribution in [-0.2, 0) is 0 Å². The van der Waals surface area contributed by atoms with Gasteiger partial charge < -0.3 is 15.3 Å². The lowest BCUT2D eigenvalue weighted by molar-refractivity contribution is 0.154. The topological polar surface area (TPSA) is 35.5 Å². The highest BCUT2D eigenvalue weighted by atomic mass is 16.3. The van der Waals surface area contributed by atoms with E-state index in [0.29, 0.717) is 6.04 Å². The highest BCUT2D eigenvalue weighted by Crippen LogP contribution is 2.25. The molecule has 112 valence electrons. The van der Waals surface area contributed by atoms with E-state index in [0.717, 1.165) is 12.3 Å². The van der Waals surface area contributed by atoms with Crippen LogP contribution in [0.4, 0.5) is 0 Å². The monoisotopic (exact) mass is 268 g/mol. The number of rotatable bonds is 8. The van der Waals surface area contributed by atoms with Crippen LogP contribution in [0.5, 0.6) is 0 Å². The number of nitrogens with one attached hydrogen (secondary N) is 1. The summed E-state index contributed by atoms with van der Waals surface area (Å²) in [6, 6.07) is 0.681. The minimum atomic E-state index is -0.0441. The van der Waals surface area contributed by atoms with Gasteiger partial charge in [-0.1, -0.05) is 13.3 Å². The molecule has 1 heterocycles. The molecular formula is C16H32N2O. The quantitative estimate of drug-likeness (QED) is 0.664. The van der Waals surface area contributed by atoms with Gasteiger partial charge in [-0.25, -0.2) is 0 Å².